The van der Waals surface area contributed by atoms with Gasteiger partial charge in [-0.25, -0.2) is 19.4 Å². The smallest absolute Gasteiger partial charge is 0.320 e. The van der Waals surface area contributed by atoms with Crippen LogP contribution in [-0.2, 0) is 9.59 Å². The van der Waals surface area contributed by atoms with Crippen LogP contribution in [0.4, 0.5) is 10.6 Å². The molecular formula is C48H52N10O6. The van der Waals surface area contributed by atoms with Crippen LogP contribution in [0.25, 0.3) is 22.3 Å². The van der Waals surface area contributed by atoms with Gasteiger partial charge in [0.2, 0.25) is 11.8 Å². The predicted molar refractivity (Wildman–Crippen MR) is 237 cm³/mol. The van der Waals surface area contributed by atoms with Gasteiger partial charge in [0.25, 0.3) is 11.8 Å². The number of carbonyl (C=O) groups is 5. The lowest BCUT2D eigenvalue weighted by molar-refractivity contribution is -0.136. The Morgan fingerprint density at radius 3 is 2.30 bits per heavy atom. The standard InChI is InChI=1S/C48H52N10O6/c49-43-41-42(32-8-11-36(12-9-32)64-35-6-2-1-3-7-35)53-58(44(41)51-29-50-43)34-5-4-21-56(28-34)48(63)55-25-17-30(18-26-55)16-22-54-23-19-31(20-24-54)33-10-13-37-38(27-33)47(62)57(46(37)61)39-14-15-40(59)52-45(39)60/h1-3,6-13,27,29-31,34,39H,4-5,14-26,28H2,(H2,49,50,51)(H,52,59,60)/t34-,39?/m1/s1. The maximum Gasteiger partial charge on any atom is 0.320 e. The van der Waals surface area contributed by atoms with Crippen molar-refractivity contribution in [1.29, 1.82) is 0 Å². The normalized spacial score (nSPS) is 21.4. The van der Waals surface area contributed by atoms with Crippen LogP contribution in [0.5, 0.6) is 11.5 Å². The Morgan fingerprint density at radius 2 is 1.53 bits per heavy atom. The van der Waals surface area contributed by atoms with Gasteiger partial charge in [-0.05, 0) is 137 Å². The van der Waals surface area contributed by atoms with Gasteiger partial charge in [0.1, 0.15) is 35.4 Å². The molecule has 4 fully saturated rings. The van der Waals surface area contributed by atoms with Crippen molar-refractivity contribution in [2.45, 2.75) is 75.8 Å². The summed E-state index contributed by atoms with van der Waals surface area (Å²) in [6.45, 7) is 5.65. The van der Waals surface area contributed by atoms with E-state index in [4.69, 9.17) is 15.6 Å². The van der Waals surface area contributed by atoms with Gasteiger partial charge in [0.15, 0.2) is 5.65 Å². The zero-order chi connectivity index (χ0) is 43.9. The van der Waals surface area contributed by atoms with Gasteiger partial charge in [-0.2, -0.15) is 5.10 Å². The molecule has 0 bridgehead atoms. The minimum Gasteiger partial charge on any atom is -0.457 e. The van der Waals surface area contributed by atoms with Crippen LogP contribution >= 0.6 is 0 Å². The highest BCUT2D eigenvalue weighted by atomic mass is 16.5. The largest absolute Gasteiger partial charge is 0.457 e. The molecule has 0 aliphatic carbocycles. The lowest BCUT2D eigenvalue weighted by Gasteiger charge is -2.39. The number of para-hydroxylation sites is 1. The number of hydrogen-bond donors (Lipinski definition) is 2. The first-order valence-corrected chi connectivity index (χ1v) is 22.6. The molecule has 4 saturated heterocycles. The Morgan fingerprint density at radius 1 is 0.781 bits per heavy atom. The number of urea groups is 1. The quantitative estimate of drug-likeness (QED) is 0.165. The van der Waals surface area contributed by atoms with Crippen LogP contribution in [0.15, 0.2) is 79.1 Å². The molecule has 330 valence electrons. The maximum absolute atomic E-state index is 14.0. The van der Waals surface area contributed by atoms with E-state index < -0.39 is 23.8 Å². The van der Waals surface area contributed by atoms with Crippen LogP contribution in [-0.4, -0.2) is 121 Å². The molecule has 16 heteroatoms. The second-order valence-electron chi connectivity index (χ2n) is 17.8. The molecule has 5 aliphatic heterocycles. The van der Waals surface area contributed by atoms with Gasteiger partial charge in [0.05, 0.1) is 22.6 Å². The number of aromatic nitrogens is 4. The van der Waals surface area contributed by atoms with Crippen molar-refractivity contribution < 1.29 is 28.7 Å². The van der Waals surface area contributed by atoms with Crippen molar-refractivity contribution in [2.75, 3.05) is 51.5 Å². The molecule has 2 atom stereocenters. The predicted octanol–water partition coefficient (Wildman–Crippen LogP) is 6.01. The molecule has 3 aromatic carbocycles. The van der Waals surface area contributed by atoms with Crippen molar-refractivity contribution in [2.24, 2.45) is 5.92 Å². The summed E-state index contributed by atoms with van der Waals surface area (Å²) >= 11 is 0. The lowest BCUT2D eigenvalue weighted by Crippen LogP contribution is -2.54. The number of benzene rings is 3. The summed E-state index contributed by atoms with van der Waals surface area (Å²) in [5.41, 5.74) is 10.4. The molecule has 7 heterocycles. The highest BCUT2D eigenvalue weighted by molar-refractivity contribution is 6.23. The van der Waals surface area contributed by atoms with Crippen molar-refractivity contribution in [3.8, 4) is 22.8 Å². The monoisotopic (exact) mass is 864 g/mol. The summed E-state index contributed by atoms with van der Waals surface area (Å²) in [6, 6.07) is 22.0. The molecule has 64 heavy (non-hydrogen) atoms. The van der Waals surface area contributed by atoms with Crippen molar-refractivity contribution in [1.82, 2.24) is 44.7 Å². The number of nitrogens with one attached hydrogen (secondary N) is 1. The van der Waals surface area contributed by atoms with Gasteiger partial charge >= 0.3 is 6.03 Å². The fourth-order valence-corrected chi connectivity index (χ4v) is 10.3. The maximum atomic E-state index is 14.0. The Balaban J connectivity index is 0.705. The Kier molecular flexibility index (Phi) is 11.3. The molecule has 0 spiro atoms. The molecule has 2 aromatic heterocycles. The van der Waals surface area contributed by atoms with Crippen molar-refractivity contribution >= 4 is 46.5 Å². The summed E-state index contributed by atoms with van der Waals surface area (Å²) in [5, 5.41) is 8.04. The minimum atomic E-state index is -0.966. The van der Waals surface area contributed by atoms with Crippen molar-refractivity contribution in [3.63, 3.8) is 0 Å². The Bertz CT molecular complexity index is 2600. The van der Waals surface area contributed by atoms with Gasteiger partial charge in [0, 0.05) is 38.2 Å². The van der Waals surface area contributed by atoms with E-state index in [1.165, 1.54) is 6.33 Å². The molecule has 0 radical (unpaired) electrons. The molecule has 6 amide bonds. The molecule has 10 rings (SSSR count). The van der Waals surface area contributed by atoms with E-state index in [-0.39, 0.29) is 36.7 Å². The van der Waals surface area contributed by atoms with Crippen molar-refractivity contribution in [3.05, 3.63) is 95.8 Å². The number of imide groups is 2. The molecule has 0 saturated carbocycles. The first-order valence-electron chi connectivity index (χ1n) is 22.6. The number of nitrogen functional groups attached to an aromatic ring is 1. The van der Waals surface area contributed by atoms with E-state index in [1.54, 1.807) is 6.07 Å². The first kappa shape index (κ1) is 41.3. The third kappa shape index (κ3) is 8.06. The third-order valence-corrected chi connectivity index (χ3v) is 13.9. The summed E-state index contributed by atoms with van der Waals surface area (Å²) < 4.78 is 7.95. The van der Waals surface area contributed by atoms with Crippen LogP contribution in [0.3, 0.4) is 0 Å². The molecule has 1 unspecified atom stereocenters. The number of amides is 6. The lowest BCUT2D eigenvalue weighted by atomic mass is 9.87. The number of rotatable bonds is 9. The van der Waals surface area contributed by atoms with Gasteiger partial charge < -0.3 is 25.2 Å². The number of ether oxygens (including phenoxy) is 1. The SMILES string of the molecule is Nc1ncnc2c1c(-c1ccc(Oc3ccccc3)cc1)nn2[C@@H]1CCCN(C(=O)N2CCC(CCN3CCC(c4ccc5c(c4)C(=O)N(C4CCC(=O)NC4=O)C5=O)CC3)CC2)C1. The second-order valence-corrected chi connectivity index (χ2v) is 17.8. The number of hydrogen-bond acceptors (Lipinski definition) is 11. The van der Waals surface area contributed by atoms with E-state index in [1.807, 2.05) is 81.2 Å². The number of nitrogens with zero attached hydrogens (tertiary/aromatic N) is 8. The zero-order valence-corrected chi connectivity index (χ0v) is 35.7. The van der Waals surface area contributed by atoms with Crippen LogP contribution < -0.4 is 15.8 Å². The molecule has 5 aromatic rings. The number of piperidine rings is 4. The highest BCUT2D eigenvalue weighted by Gasteiger charge is 2.45. The molecule has 16 nitrogen and oxygen atoms in total. The number of fused-ring (bicyclic) bond motifs is 2. The van der Waals surface area contributed by atoms with Gasteiger partial charge in [-0.1, -0.05) is 24.3 Å². The Labute approximate surface area is 370 Å². The molecule has 3 N–H and O–H groups in total. The minimum absolute atomic E-state index is 0.0599. The fraction of sp³-hybridized carbons (Fsp3) is 0.417. The highest BCUT2D eigenvalue weighted by Crippen LogP contribution is 2.37. The van der Waals surface area contributed by atoms with Crippen LogP contribution in [0, 0.1) is 5.92 Å². The molecule has 5 aliphatic rings. The van der Waals surface area contributed by atoms with Gasteiger partial charge in [-0.15, -0.1) is 0 Å². The first-order chi connectivity index (χ1) is 31.2. The fourth-order valence-electron chi connectivity index (χ4n) is 10.3. The van der Waals surface area contributed by atoms with E-state index in [0.717, 1.165) is 99.4 Å². The summed E-state index contributed by atoms with van der Waals surface area (Å²) in [7, 11) is 0. The molecular weight excluding hydrogens is 813 g/mol. The van der Waals surface area contributed by atoms with E-state index in [9.17, 15) is 24.0 Å². The number of carbonyl (C=O) groups excluding carboxylic acids is 5. The van der Waals surface area contributed by atoms with Crippen LogP contribution in [0.1, 0.15) is 96.0 Å². The van der Waals surface area contributed by atoms with E-state index in [0.29, 0.717) is 58.4 Å². The average molecular weight is 865 g/mol. The summed E-state index contributed by atoms with van der Waals surface area (Å²) in [5.74, 6) is 0.738. The zero-order valence-electron chi connectivity index (χ0n) is 35.7. The van der Waals surface area contributed by atoms with E-state index in [2.05, 4.69) is 20.2 Å². The summed E-state index contributed by atoms with van der Waals surface area (Å²) in [6.07, 6.45) is 8.40. The van der Waals surface area contributed by atoms with Crippen LogP contribution in [0.2, 0.25) is 0 Å². The van der Waals surface area contributed by atoms with E-state index >= 15 is 0 Å². The number of likely N-dealkylation sites (tertiary alicyclic amines) is 3. The Hall–Kier alpha value is -6.68. The summed E-state index contributed by atoms with van der Waals surface area (Å²) in [4.78, 5) is 81.2. The van der Waals surface area contributed by atoms with Gasteiger partial charge in [-0.3, -0.25) is 29.4 Å². The number of nitrogens with two attached hydrogens (primary N) is 1. The third-order valence-electron chi connectivity index (χ3n) is 13.9. The topological polar surface area (TPSA) is 189 Å². The second kappa shape index (κ2) is 17.5. The average Bonchev–Trinajstić information content (AvgIpc) is 3.84. The number of anilines is 1.